The number of nitrogens with one attached hydrogen (secondary N) is 1. The van der Waals surface area contributed by atoms with Crippen LogP contribution in [0.1, 0.15) is 20.8 Å². The van der Waals surface area contributed by atoms with Crippen LogP contribution >= 0.6 is 11.3 Å². The van der Waals surface area contributed by atoms with Gasteiger partial charge in [0, 0.05) is 28.8 Å². The standard InChI is InChI=1S/C28H22N4O3S/c1-16-8-10-19(11-9-16)23-15-21(18-6-4-3-5-7-18)24-25(29)26(36-28(24)31-23)27(33)30-22-13-12-20(32(34)35)14-17(22)2/h3-15H,29H2,1-2H3,(H,30,33). The lowest BCUT2D eigenvalue weighted by Gasteiger charge is -2.09. The van der Waals surface area contributed by atoms with Crippen LogP contribution in [-0.4, -0.2) is 15.8 Å². The molecular weight excluding hydrogens is 472 g/mol. The molecule has 7 nitrogen and oxygen atoms in total. The van der Waals surface area contributed by atoms with Gasteiger partial charge in [0.05, 0.1) is 16.3 Å². The maximum Gasteiger partial charge on any atom is 0.269 e. The molecule has 2 aromatic heterocycles. The highest BCUT2D eigenvalue weighted by atomic mass is 32.1. The summed E-state index contributed by atoms with van der Waals surface area (Å²) in [4.78, 5) is 29.7. The predicted octanol–water partition coefficient (Wildman–Crippen LogP) is 6.99. The van der Waals surface area contributed by atoms with Crippen molar-refractivity contribution in [3.63, 3.8) is 0 Å². The van der Waals surface area contributed by atoms with Crippen LogP contribution in [0.4, 0.5) is 17.1 Å². The number of carbonyl (C=O) groups excluding carboxylic acids is 1. The molecule has 3 N–H and O–H groups in total. The summed E-state index contributed by atoms with van der Waals surface area (Å²) in [7, 11) is 0. The first-order valence-electron chi connectivity index (χ1n) is 11.2. The lowest BCUT2D eigenvalue weighted by Crippen LogP contribution is -2.13. The number of nitrogens with zero attached hydrogens (tertiary/aromatic N) is 2. The van der Waals surface area contributed by atoms with Crippen molar-refractivity contribution < 1.29 is 9.72 Å². The summed E-state index contributed by atoms with van der Waals surface area (Å²) in [5.74, 6) is -0.386. The number of nitrogens with two attached hydrogens (primary N) is 1. The molecule has 8 heteroatoms. The Kier molecular flexibility index (Phi) is 5.95. The molecule has 36 heavy (non-hydrogen) atoms. The Bertz CT molecular complexity index is 1630. The van der Waals surface area contributed by atoms with Crippen molar-refractivity contribution in [2.24, 2.45) is 0 Å². The topological polar surface area (TPSA) is 111 Å². The van der Waals surface area contributed by atoms with E-state index >= 15 is 0 Å². The molecule has 0 unspecified atom stereocenters. The lowest BCUT2D eigenvalue weighted by atomic mass is 9.99. The fourth-order valence-electron chi connectivity index (χ4n) is 4.09. The number of aromatic nitrogens is 1. The van der Waals surface area contributed by atoms with E-state index in [9.17, 15) is 14.9 Å². The number of nitro benzene ring substituents is 1. The SMILES string of the molecule is Cc1ccc(-c2cc(-c3ccccc3)c3c(N)c(C(=O)Nc4ccc([N+](=O)[O-])cc4C)sc3n2)cc1. The second-order valence-electron chi connectivity index (χ2n) is 8.52. The highest BCUT2D eigenvalue weighted by molar-refractivity contribution is 7.21. The maximum absolute atomic E-state index is 13.3. The van der Waals surface area contributed by atoms with Gasteiger partial charge in [-0.1, -0.05) is 60.2 Å². The number of anilines is 2. The molecule has 0 aliphatic heterocycles. The minimum absolute atomic E-state index is 0.0350. The molecule has 0 saturated carbocycles. The van der Waals surface area contributed by atoms with E-state index < -0.39 is 4.92 Å². The lowest BCUT2D eigenvalue weighted by molar-refractivity contribution is -0.384. The Morgan fingerprint density at radius 3 is 2.36 bits per heavy atom. The number of aryl methyl sites for hydroxylation is 2. The fraction of sp³-hybridized carbons (Fsp3) is 0.0714. The molecule has 0 saturated heterocycles. The Hall–Kier alpha value is -4.56. The molecular formula is C28H22N4O3S. The molecule has 3 aromatic carbocycles. The van der Waals surface area contributed by atoms with Gasteiger partial charge in [0.25, 0.3) is 11.6 Å². The van der Waals surface area contributed by atoms with Crippen LogP contribution in [-0.2, 0) is 0 Å². The van der Waals surface area contributed by atoms with Gasteiger partial charge in [-0.2, -0.15) is 0 Å². The second kappa shape index (κ2) is 9.24. The Morgan fingerprint density at radius 1 is 0.972 bits per heavy atom. The van der Waals surface area contributed by atoms with Gasteiger partial charge in [-0.15, -0.1) is 11.3 Å². The summed E-state index contributed by atoms with van der Waals surface area (Å²) in [5.41, 5.74) is 12.7. The largest absolute Gasteiger partial charge is 0.397 e. The van der Waals surface area contributed by atoms with E-state index in [2.05, 4.69) is 5.32 Å². The average Bonchev–Trinajstić information content (AvgIpc) is 3.22. The smallest absolute Gasteiger partial charge is 0.269 e. The number of pyridine rings is 1. The molecule has 5 rings (SSSR count). The zero-order valence-corrected chi connectivity index (χ0v) is 20.4. The van der Waals surface area contributed by atoms with Gasteiger partial charge in [-0.05, 0) is 42.7 Å². The number of nitrogen functional groups attached to an aromatic ring is 1. The predicted molar refractivity (Wildman–Crippen MR) is 145 cm³/mol. The minimum atomic E-state index is -0.467. The van der Waals surface area contributed by atoms with Crippen LogP contribution in [0.3, 0.4) is 0 Å². The maximum atomic E-state index is 13.3. The average molecular weight is 495 g/mol. The second-order valence-corrected chi connectivity index (χ2v) is 9.52. The molecule has 0 spiro atoms. The highest BCUT2D eigenvalue weighted by Crippen LogP contribution is 2.41. The van der Waals surface area contributed by atoms with Gasteiger partial charge < -0.3 is 11.1 Å². The first-order chi connectivity index (χ1) is 17.3. The van der Waals surface area contributed by atoms with E-state index in [0.717, 1.165) is 33.3 Å². The van der Waals surface area contributed by atoms with Gasteiger partial charge in [0.1, 0.15) is 9.71 Å². The van der Waals surface area contributed by atoms with Crippen molar-refractivity contribution in [2.45, 2.75) is 13.8 Å². The summed E-state index contributed by atoms with van der Waals surface area (Å²) in [6, 6.07) is 24.3. The Morgan fingerprint density at radius 2 is 1.69 bits per heavy atom. The molecule has 178 valence electrons. The fourth-order valence-corrected chi connectivity index (χ4v) is 5.10. The number of benzene rings is 3. The third-order valence-electron chi connectivity index (χ3n) is 6.01. The van der Waals surface area contributed by atoms with E-state index in [-0.39, 0.29) is 11.6 Å². The van der Waals surface area contributed by atoms with Crippen LogP contribution in [0.25, 0.3) is 32.6 Å². The zero-order chi connectivity index (χ0) is 25.4. The summed E-state index contributed by atoms with van der Waals surface area (Å²) >= 11 is 1.23. The minimum Gasteiger partial charge on any atom is -0.397 e. The van der Waals surface area contributed by atoms with Gasteiger partial charge in [-0.25, -0.2) is 4.98 Å². The molecule has 0 bridgehead atoms. The molecule has 0 aliphatic carbocycles. The Balaban J connectivity index is 1.62. The van der Waals surface area contributed by atoms with Gasteiger partial charge in [-0.3, -0.25) is 14.9 Å². The van der Waals surface area contributed by atoms with E-state index in [4.69, 9.17) is 10.7 Å². The van der Waals surface area contributed by atoms with Gasteiger partial charge in [0.2, 0.25) is 0 Å². The van der Waals surface area contributed by atoms with Crippen LogP contribution in [0.15, 0.2) is 78.9 Å². The molecule has 2 heterocycles. The number of fused-ring (bicyclic) bond motifs is 1. The number of rotatable bonds is 5. The summed E-state index contributed by atoms with van der Waals surface area (Å²) in [5, 5.41) is 14.6. The highest BCUT2D eigenvalue weighted by Gasteiger charge is 2.22. The van der Waals surface area contributed by atoms with Crippen molar-refractivity contribution in [3.05, 3.63) is 105 Å². The summed E-state index contributed by atoms with van der Waals surface area (Å²) in [6.07, 6.45) is 0. The zero-order valence-electron chi connectivity index (χ0n) is 19.6. The first-order valence-corrected chi connectivity index (χ1v) is 12.1. The monoisotopic (exact) mass is 494 g/mol. The number of hydrogen-bond donors (Lipinski definition) is 2. The van der Waals surface area contributed by atoms with Crippen molar-refractivity contribution in [3.8, 4) is 22.4 Å². The van der Waals surface area contributed by atoms with Gasteiger partial charge >= 0.3 is 0 Å². The first kappa shape index (κ1) is 23.2. The third-order valence-corrected chi connectivity index (χ3v) is 7.10. The van der Waals surface area contributed by atoms with Crippen molar-refractivity contribution in [1.29, 1.82) is 0 Å². The van der Waals surface area contributed by atoms with Crippen LogP contribution < -0.4 is 11.1 Å². The quantitative estimate of drug-likeness (QED) is 0.202. The Labute approximate surface area is 211 Å². The van der Waals surface area contributed by atoms with Gasteiger partial charge in [0.15, 0.2) is 0 Å². The van der Waals surface area contributed by atoms with Crippen LogP contribution in [0, 0.1) is 24.0 Å². The molecule has 0 aliphatic rings. The van der Waals surface area contributed by atoms with Crippen molar-refractivity contribution in [1.82, 2.24) is 4.98 Å². The third kappa shape index (κ3) is 4.30. The van der Waals surface area contributed by atoms with E-state index in [1.165, 1.54) is 29.5 Å². The van der Waals surface area contributed by atoms with E-state index in [1.807, 2.05) is 67.6 Å². The molecule has 0 atom stereocenters. The number of amides is 1. The van der Waals surface area contributed by atoms with E-state index in [1.54, 1.807) is 6.92 Å². The molecule has 5 aromatic rings. The summed E-state index contributed by atoms with van der Waals surface area (Å²) < 4.78 is 0. The number of carbonyl (C=O) groups is 1. The van der Waals surface area contributed by atoms with Crippen LogP contribution in [0.5, 0.6) is 0 Å². The van der Waals surface area contributed by atoms with Crippen molar-refractivity contribution in [2.75, 3.05) is 11.1 Å². The molecule has 0 radical (unpaired) electrons. The van der Waals surface area contributed by atoms with Crippen LogP contribution in [0.2, 0.25) is 0 Å². The number of thiophene rings is 1. The molecule has 0 fully saturated rings. The normalized spacial score (nSPS) is 10.9. The van der Waals surface area contributed by atoms with Crippen molar-refractivity contribution >= 4 is 44.5 Å². The van der Waals surface area contributed by atoms with E-state index in [0.29, 0.717) is 26.6 Å². The number of nitro groups is 1. The number of hydrogen-bond acceptors (Lipinski definition) is 6. The summed E-state index contributed by atoms with van der Waals surface area (Å²) in [6.45, 7) is 3.74. The molecule has 1 amide bonds. The number of non-ortho nitro benzene ring substituents is 1.